The maximum absolute atomic E-state index is 11.9. The van der Waals surface area contributed by atoms with Crippen LogP contribution >= 0.6 is 0 Å². The van der Waals surface area contributed by atoms with Gasteiger partial charge in [0.1, 0.15) is 0 Å². The van der Waals surface area contributed by atoms with Gasteiger partial charge < -0.3 is 10.6 Å². The number of nitrogens with zero attached hydrogens (tertiary/aromatic N) is 2. The maximum atomic E-state index is 11.9. The number of fused-ring (bicyclic) bond motifs is 1. The summed E-state index contributed by atoms with van der Waals surface area (Å²) in [6, 6.07) is 8.70. The summed E-state index contributed by atoms with van der Waals surface area (Å²) in [5.41, 5.74) is 7.52. The first kappa shape index (κ1) is 13.7. The number of anilines is 1. The molecule has 110 valence electrons. The van der Waals surface area contributed by atoms with Crippen LogP contribution in [0, 0.1) is 11.8 Å². The van der Waals surface area contributed by atoms with E-state index in [2.05, 4.69) is 27.4 Å². The topological polar surface area (TPSA) is 104 Å². The number of rotatable bonds is 1. The Bertz CT molecular complexity index is 785. The molecule has 7 heteroatoms. The molecule has 4 N–H and O–H groups in total. The van der Waals surface area contributed by atoms with Crippen LogP contribution in [0.25, 0.3) is 0 Å². The zero-order chi connectivity index (χ0) is 15.5. The fourth-order valence-electron chi connectivity index (χ4n) is 2.19. The average Bonchev–Trinajstić information content (AvgIpc) is 3.08. The Labute approximate surface area is 126 Å². The lowest BCUT2D eigenvalue weighted by atomic mass is 10.2. The highest BCUT2D eigenvalue weighted by Gasteiger charge is 2.27. The summed E-state index contributed by atoms with van der Waals surface area (Å²) in [6.45, 7) is 0.687. The molecule has 3 rings (SSSR count). The van der Waals surface area contributed by atoms with Gasteiger partial charge in [0.05, 0.1) is 18.8 Å². The predicted octanol–water partition coefficient (Wildman–Crippen LogP) is 0.794. The lowest BCUT2D eigenvalue weighted by molar-refractivity contribution is -0.111. The van der Waals surface area contributed by atoms with E-state index in [-0.39, 0.29) is 0 Å². The number of carbonyl (C=O) groups is 2. The van der Waals surface area contributed by atoms with Crippen LogP contribution in [-0.4, -0.2) is 27.0 Å². The standard InChI is InChI=1S/C15H13N5O2/c16-15(22)20-8-11-12(9-20)18-19-14(11)17-13(21)7-6-10-4-2-1-3-5-10/h1-5H,8-9H2,(H2,16,22)(H2,17,18,19,21). The molecule has 22 heavy (non-hydrogen) atoms. The second-order valence-corrected chi connectivity index (χ2v) is 4.79. The normalized spacial score (nSPS) is 12.3. The molecule has 1 aliphatic rings. The highest BCUT2D eigenvalue weighted by Crippen LogP contribution is 2.26. The van der Waals surface area contributed by atoms with Gasteiger partial charge in [0.15, 0.2) is 5.82 Å². The molecule has 0 radical (unpaired) electrons. The van der Waals surface area contributed by atoms with Crippen LogP contribution in [0.3, 0.4) is 0 Å². The fraction of sp³-hybridized carbons (Fsp3) is 0.133. The van der Waals surface area contributed by atoms with Gasteiger partial charge in [0.25, 0.3) is 0 Å². The molecule has 0 saturated carbocycles. The molecule has 0 aliphatic carbocycles. The van der Waals surface area contributed by atoms with Crippen molar-refractivity contribution in [1.82, 2.24) is 15.1 Å². The second-order valence-electron chi connectivity index (χ2n) is 4.79. The Kier molecular flexibility index (Phi) is 3.50. The van der Waals surface area contributed by atoms with E-state index in [4.69, 9.17) is 5.73 Å². The van der Waals surface area contributed by atoms with Crippen LogP contribution in [0.15, 0.2) is 30.3 Å². The minimum atomic E-state index is -0.509. The van der Waals surface area contributed by atoms with E-state index in [1.165, 1.54) is 4.90 Å². The molecule has 0 unspecified atom stereocenters. The van der Waals surface area contributed by atoms with Crippen LogP contribution < -0.4 is 11.1 Å². The first-order valence-corrected chi connectivity index (χ1v) is 6.62. The molecule has 0 fully saturated rings. The molecule has 1 aromatic carbocycles. The largest absolute Gasteiger partial charge is 0.351 e. The number of benzene rings is 1. The van der Waals surface area contributed by atoms with E-state index in [1.807, 2.05) is 30.3 Å². The quantitative estimate of drug-likeness (QED) is 0.677. The monoisotopic (exact) mass is 295 g/mol. The Morgan fingerprint density at radius 2 is 2.05 bits per heavy atom. The van der Waals surface area contributed by atoms with E-state index >= 15 is 0 Å². The molecule has 1 aliphatic heterocycles. The third-order valence-corrected chi connectivity index (χ3v) is 3.29. The number of urea groups is 1. The lowest BCUT2D eigenvalue weighted by Crippen LogP contribution is -2.31. The van der Waals surface area contributed by atoms with Crippen LogP contribution in [0.4, 0.5) is 10.6 Å². The average molecular weight is 295 g/mol. The lowest BCUT2D eigenvalue weighted by Gasteiger charge is -2.11. The fourth-order valence-corrected chi connectivity index (χ4v) is 2.19. The number of amides is 3. The summed E-state index contributed by atoms with van der Waals surface area (Å²) in [6.07, 6.45) is 0. The van der Waals surface area contributed by atoms with Crippen LogP contribution in [0.1, 0.15) is 16.8 Å². The van der Waals surface area contributed by atoms with Gasteiger partial charge in [-0.05, 0) is 12.1 Å². The van der Waals surface area contributed by atoms with Gasteiger partial charge >= 0.3 is 11.9 Å². The van der Waals surface area contributed by atoms with Crippen LogP contribution in [0.5, 0.6) is 0 Å². The number of primary amides is 1. The molecule has 0 bridgehead atoms. The summed E-state index contributed by atoms with van der Waals surface area (Å²) < 4.78 is 0. The number of carbonyl (C=O) groups excluding carboxylic acids is 2. The zero-order valence-corrected chi connectivity index (χ0v) is 11.6. The molecule has 2 aromatic rings. The van der Waals surface area contributed by atoms with Crippen molar-refractivity contribution < 1.29 is 9.59 Å². The summed E-state index contributed by atoms with van der Waals surface area (Å²) in [5.74, 6) is 5.19. The Morgan fingerprint density at radius 3 is 2.77 bits per heavy atom. The zero-order valence-electron chi connectivity index (χ0n) is 11.6. The highest BCUT2D eigenvalue weighted by molar-refractivity contribution is 6.04. The van der Waals surface area contributed by atoms with Crippen molar-refractivity contribution in [3.63, 3.8) is 0 Å². The van der Waals surface area contributed by atoms with Crippen molar-refractivity contribution in [3.8, 4) is 11.8 Å². The highest BCUT2D eigenvalue weighted by atomic mass is 16.2. The molecule has 7 nitrogen and oxygen atoms in total. The van der Waals surface area contributed by atoms with E-state index in [1.54, 1.807) is 0 Å². The van der Waals surface area contributed by atoms with Crippen molar-refractivity contribution in [2.24, 2.45) is 5.73 Å². The molecule has 3 amide bonds. The second kappa shape index (κ2) is 5.61. The Morgan fingerprint density at radius 1 is 1.27 bits per heavy atom. The molecule has 0 saturated heterocycles. The SMILES string of the molecule is NC(=O)N1Cc2[nH]nc(NC(=O)C#Cc3ccccc3)c2C1. The summed E-state index contributed by atoms with van der Waals surface area (Å²) in [5, 5.41) is 9.43. The van der Waals surface area contributed by atoms with E-state index in [0.717, 1.165) is 16.8 Å². The van der Waals surface area contributed by atoms with Crippen LogP contribution in [-0.2, 0) is 17.9 Å². The van der Waals surface area contributed by atoms with Crippen molar-refractivity contribution >= 4 is 17.8 Å². The number of hydrogen-bond acceptors (Lipinski definition) is 3. The third-order valence-electron chi connectivity index (χ3n) is 3.29. The van der Waals surface area contributed by atoms with Gasteiger partial charge in [-0.25, -0.2) is 4.79 Å². The molecule has 0 atom stereocenters. The molecule has 2 heterocycles. The molecular formula is C15H13N5O2. The summed E-state index contributed by atoms with van der Waals surface area (Å²) in [7, 11) is 0. The number of hydrogen-bond donors (Lipinski definition) is 3. The number of aromatic nitrogens is 2. The Balaban J connectivity index is 1.70. The summed E-state index contributed by atoms with van der Waals surface area (Å²) in [4.78, 5) is 24.5. The minimum absolute atomic E-state index is 0.322. The first-order chi connectivity index (χ1) is 10.6. The maximum Gasteiger partial charge on any atom is 0.315 e. The summed E-state index contributed by atoms with van der Waals surface area (Å²) >= 11 is 0. The van der Waals surface area contributed by atoms with E-state index in [9.17, 15) is 9.59 Å². The number of H-pyrrole nitrogens is 1. The van der Waals surface area contributed by atoms with Gasteiger partial charge in [-0.1, -0.05) is 24.1 Å². The van der Waals surface area contributed by atoms with Gasteiger partial charge in [-0.15, -0.1) is 0 Å². The molecule has 1 aromatic heterocycles. The van der Waals surface area contributed by atoms with Gasteiger partial charge in [-0.2, -0.15) is 5.10 Å². The van der Waals surface area contributed by atoms with Crippen molar-refractivity contribution in [3.05, 3.63) is 47.2 Å². The predicted molar refractivity (Wildman–Crippen MR) is 79.4 cm³/mol. The number of aromatic amines is 1. The Hall–Kier alpha value is -3.27. The number of nitrogens with one attached hydrogen (secondary N) is 2. The van der Waals surface area contributed by atoms with Crippen molar-refractivity contribution in [1.29, 1.82) is 0 Å². The van der Waals surface area contributed by atoms with Gasteiger partial charge in [0, 0.05) is 17.0 Å². The van der Waals surface area contributed by atoms with E-state index in [0.29, 0.717) is 18.9 Å². The third kappa shape index (κ3) is 2.76. The molecule has 0 spiro atoms. The number of nitrogens with two attached hydrogens (primary N) is 1. The van der Waals surface area contributed by atoms with Gasteiger partial charge in [0.2, 0.25) is 0 Å². The van der Waals surface area contributed by atoms with E-state index < -0.39 is 11.9 Å². The van der Waals surface area contributed by atoms with Crippen LogP contribution in [0.2, 0.25) is 0 Å². The van der Waals surface area contributed by atoms with Crippen molar-refractivity contribution in [2.45, 2.75) is 13.1 Å². The molecular weight excluding hydrogens is 282 g/mol. The van der Waals surface area contributed by atoms with Crippen molar-refractivity contribution in [2.75, 3.05) is 5.32 Å². The van der Waals surface area contributed by atoms with Gasteiger partial charge in [-0.3, -0.25) is 15.2 Å². The minimum Gasteiger partial charge on any atom is -0.351 e. The first-order valence-electron chi connectivity index (χ1n) is 6.62. The smallest absolute Gasteiger partial charge is 0.315 e.